The van der Waals surface area contributed by atoms with Crippen LogP contribution in [0.1, 0.15) is 130 Å². The lowest BCUT2D eigenvalue weighted by atomic mass is 9.92. The third kappa shape index (κ3) is 11.0. The van der Waals surface area contributed by atoms with Crippen molar-refractivity contribution in [3.8, 4) is 0 Å². The molecular formula is C26H47NO2. The average Bonchev–Trinajstić information content (AvgIpc) is 3.04. The van der Waals surface area contributed by atoms with E-state index in [1.807, 2.05) is 0 Å². The van der Waals surface area contributed by atoms with E-state index in [1.165, 1.54) is 64.2 Å². The Morgan fingerprint density at radius 3 is 1.83 bits per heavy atom. The molecule has 3 heteroatoms. The van der Waals surface area contributed by atoms with E-state index in [9.17, 15) is 9.59 Å². The summed E-state index contributed by atoms with van der Waals surface area (Å²) in [4.78, 5) is 25.9. The zero-order valence-corrected chi connectivity index (χ0v) is 19.6. The number of rotatable bonds is 18. The van der Waals surface area contributed by atoms with Gasteiger partial charge in [-0.05, 0) is 31.6 Å². The summed E-state index contributed by atoms with van der Waals surface area (Å²) in [6, 6.07) is 0.0828. The van der Waals surface area contributed by atoms with Gasteiger partial charge in [-0.1, -0.05) is 104 Å². The van der Waals surface area contributed by atoms with Crippen molar-refractivity contribution in [1.82, 2.24) is 4.90 Å². The first kappa shape index (κ1) is 25.9. The maximum Gasteiger partial charge on any atom is 0.229 e. The van der Waals surface area contributed by atoms with E-state index >= 15 is 0 Å². The zero-order valence-electron chi connectivity index (χ0n) is 19.6. The molecule has 1 saturated heterocycles. The molecule has 1 aliphatic rings. The number of amides is 2. The number of hydrogen-bond donors (Lipinski definition) is 0. The summed E-state index contributed by atoms with van der Waals surface area (Å²) in [6.45, 7) is 6.64. The second kappa shape index (κ2) is 16.7. The van der Waals surface area contributed by atoms with E-state index in [1.54, 1.807) is 4.90 Å². The van der Waals surface area contributed by atoms with Gasteiger partial charge in [-0.2, -0.15) is 0 Å². The van der Waals surface area contributed by atoms with Gasteiger partial charge in [0, 0.05) is 18.9 Å². The molecule has 0 N–H and O–H groups in total. The van der Waals surface area contributed by atoms with Crippen LogP contribution in [0.4, 0.5) is 0 Å². The molecule has 1 aliphatic heterocycles. The summed E-state index contributed by atoms with van der Waals surface area (Å²) in [5, 5.41) is 0. The Kier molecular flexibility index (Phi) is 14.9. The molecule has 0 aromatic carbocycles. The molecule has 2 unspecified atom stereocenters. The monoisotopic (exact) mass is 405 g/mol. The number of carbonyl (C=O) groups excluding carboxylic acids is 2. The Morgan fingerprint density at radius 2 is 1.28 bits per heavy atom. The Hall–Kier alpha value is -1.12. The first-order chi connectivity index (χ1) is 14.1. The largest absolute Gasteiger partial charge is 0.279 e. The molecule has 0 saturated carbocycles. The predicted octanol–water partition coefficient (Wildman–Crippen LogP) is 7.59. The topological polar surface area (TPSA) is 37.4 Å². The van der Waals surface area contributed by atoms with Gasteiger partial charge >= 0.3 is 0 Å². The van der Waals surface area contributed by atoms with E-state index in [0.29, 0.717) is 18.8 Å². The van der Waals surface area contributed by atoms with Gasteiger partial charge in [0.25, 0.3) is 0 Å². The van der Waals surface area contributed by atoms with Crippen LogP contribution in [-0.4, -0.2) is 22.8 Å². The maximum absolute atomic E-state index is 12.2. The SMILES string of the molecule is CCCCCCCCCCCC/C=C/CC(C)C(CCCC)N1C(=O)CCC1=O. The third-order valence-corrected chi connectivity index (χ3v) is 6.33. The molecule has 2 atom stereocenters. The number of hydrogen-bond acceptors (Lipinski definition) is 2. The molecule has 168 valence electrons. The van der Waals surface area contributed by atoms with Crippen molar-refractivity contribution >= 4 is 11.8 Å². The quantitative estimate of drug-likeness (QED) is 0.134. The predicted molar refractivity (Wildman–Crippen MR) is 124 cm³/mol. The highest BCUT2D eigenvalue weighted by molar-refractivity contribution is 6.02. The number of likely N-dealkylation sites (tertiary alicyclic amines) is 1. The van der Waals surface area contributed by atoms with Crippen LogP contribution in [0.2, 0.25) is 0 Å². The number of allylic oxidation sites excluding steroid dienone is 2. The van der Waals surface area contributed by atoms with Gasteiger partial charge in [0.2, 0.25) is 11.8 Å². The van der Waals surface area contributed by atoms with Gasteiger partial charge in [-0.15, -0.1) is 0 Å². The molecule has 3 nitrogen and oxygen atoms in total. The maximum atomic E-state index is 12.2. The van der Waals surface area contributed by atoms with Crippen LogP contribution in [0, 0.1) is 5.92 Å². The zero-order chi connectivity index (χ0) is 21.3. The minimum absolute atomic E-state index is 0.0392. The Labute approximate surface area is 180 Å². The average molecular weight is 406 g/mol. The van der Waals surface area contributed by atoms with Gasteiger partial charge < -0.3 is 0 Å². The molecule has 0 spiro atoms. The van der Waals surface area contributed by atoms with Gasteiger partial charge in [-0.3, -0.25) is 14.5 Å². The fourth-order valence-corrected chi connectivity index (χ4v) is 4.38. The number of unbranched alkanes of at least 4 members (excludes halogenated alkanes) is 11. The molecule has 0 aliphatic carbocycles. The van der Waals surface area contributed by atoms with Crippen molar-refractivity contribution in [1.29, 1.82) is 0 Å². The molecule has 0 bridgehead atoms. The van der Waals surface area contributed by atoms with Crippen LogP contribution < -0.4 is 0 Å². The second-order valence-electron chi connectivity index (χ2n) is 9.02. The Bertz CT molecular complexity index is 455. The molecule has 1 rings (SSSR count). The van der Waals surface area contributed by atoms with Gasteiger partial charge in [-0.25, -0.2) is 0 Å². The molecule has 0 aromatic rings. The van der Waals surface area contributed by atoms with Crippen molar-refractivity contribution in [3.05, 3.63) is 12.2 Å². The molecule has 0 aromatic heterocycles. The van der Waals surface area contributed by atoms with Crippen molar-refractivity contribution in [2.75, 3.05) is 0 Å². The highest BCUT2D eigenvalue weighted by Crippen LogP contribution is 2.26. The normalized spacial score (nSPS) is 16.9. The Balaban J connectivity index is 2.17. The molecule has 0 radical (unpaired) electrons. The third-order valence-electron chi connectivity index (χ3n) is 6.33. The van der Waals surface area contributed by atoms with Crippen molar-refractivity contribution in [3.63, 3.8) is 0 Å². The van der Waals surface area contributed by atoms with Crippen molar-refractivity contribution in [2.45, 2.75) is 136 Å². The molecular weight excluding hydrogens is 358 g/mol. The second-order valence-corrected chi connectivity index (χ2v) is 9.02. The summed E-state index contributed by atoms with van der Waals surface area (Å²) >= 11 is 0. The van der Waals surface area contributed by atoms with E-state index in [2.05, 4.69) is 32.9 Å². The summed E-state index contributed by atoms with van der Waals surface area (Å²) < 4.78 is 0. The van der Waals surface area contributed by atoms with Gasteiger partial charge in [0.15, 0.2) is 0 Å². The molecule has 2 amide bonds. The lowest BCUT2D eigenvalue weighted by molar-refractivity contribution is -0.142. The van der Waals surface area contributed by atoms with Crippen molar-refractivity contribution in [2.24, 2.45) is 5.92 Å². The van der Waals surface area contributed by atoms with E-state index in [4.69, 9.17) is 0 Å². The molecule has 1 fully saturated rings. The molecule has 29 heavy (non-hydrogen) atoms. The number of carbonyl (C=O) groups is 2. The number of nitrogens with zero attached hydrogens (tertiary/aromatic N) is 1. The van der Waals surface area contributed by atoms with Crippen molar-refractivity contribution < 1.29 is 9.59 Å². The fraction of sp³-hybridized carbons (Fsp3) is 0.846. The lowest BCUT2D eigenvalue weighted by Gasteiger charge is -2.31. The minimum atomic E-state index is 0.0392. The van der Waals surface area contributed by atoms with Crippen LogP contribution in [0.25, 0.3) is 0 Å². The van der Waals surface area contributed by atoms with Crippen LogP contribution in [0.15, 0.2) is 12.2 Å². The summed E-state index contributed by atoms with van der Waals surface area (Å²) in [6.07, 6.45) is 24.4. The highest BCUT2D eigenvalue weighted by atomic mass is 16.2. The van der Waals surface area contributed by atoms with E-state index in [0.717, 1.165) is 32.1 Å². The summed E-state index contributed by atoms with van der Waals surface area (Å²) in [5.41, 5.74) is 0. The Morgan fingerprint density at radius 1 is 0.759 bits per heavy atom. The lowest BCUT2D eigenvalue weighted by Crippen LogP contribution is -2.43. The first-order valence-corrected chi connectivity index (χ1v) is 12.6. The number of imide groups is 1. The highest BCUT2D eigenvalue weighted by Gasteiger charge is 2.36. The smallest absolute Gasteiger partial charge is 0.229 e. The van der Waals surface area contributed by atoms with E-state index in [-0.39, 0.29) is 17.9 Å². The van der Waals surface area contributed by atoms with E-state index < -0.39 is 0 Å². The minimum Gasteiger partial charge on any atom is -0.279 e. The summed E-state index contributed by atoms with van der Waals surface area (Å²) in [7, 11) is 0. The van der Waals surface area contributed by atoms with Gasteiger partial charge in [0.1, 0.15) is 0 Å². The standard InChI is InChI=1S/C26H47NO2/c1-4-6-8-9-10-11-12-13-14-15-16-17-18-19-23(3)24(20-7-5-2)27-25(28)21-22-26(27)29/h17-18,23-24H,4-16,19-22H2,1-3H3/b18-17+. The summed E-state index contributed by atoms with van der Waals surface area (Å²) in [5.74, 6) is 0.422. The molecule has 1 heterocycles. The van der Waals surface area contributed by atoms with Gasteiger partial charge in [0.05, 0.1) is 0 Å². The van der Waals surface area contributed by atoms with Crippen LogP contribution in [-0.2, 0) is 9.59 Å². The fourth-order valence-electron chi connectivity index (χ4n) is 4.38. The van der Waals surface area contributed by atoms with Crippen LogP contribution in [0.3, 0.4) is 0 Å². The van der Waals surface area contributed by atoms with Crippen LogP contribution in [0.5, 0.6) is 0 Å². The van der Waals surface area contributed by atoms with Crippen LogP contribution >= 0.6 is 0 Å². The first-order valence-electron chi connectivity index (χ1n) is 12.6.